The highest BCUT2D eigenvalue weighted by Gasteiger charge is 2.08. The highest BCUT2D eigenvalue weighted by atomic mass is 32.1. The number of carbonyl (C=O) groups is 1. The summed E-state index contributed by atoms with van der Waals surface area (Å²) in [6.45, 7) is 0.420. The molecule has 3 heterocycles. The zero-order valence-corrected chi connectivity index (χ0v) is 10.9. The molecule has 0 fully saturated rings. The molecule has 0 unspecified atom stereocenters. The van der Waals surface area contributed by atoms with Crippen LogP contribution in [0.5, 0.6) is 0 Å². The van der Waals surface area contributed by atoms with Crippen molar-refractivity contribution in [2.75, 3.05) is 6.54 Å². The predicted molar refractivity (Wildman–Crippen MR) is 69.6 cm³/mol. The monoisotopic (exact) mass is 291 g/mol. The van der Waals surface area contributed by atoms with Gasteiger partial charge in [-0.1, -0.05) is 11.3 Å². The largest absolute Gasteiger partial charge is 0.350 e. The smallest absolute Gasteiger partial charge is 0.271 e. The molecule has 0 saturated heterocycles. The molecule has 0 aromatic carbocycles. The van der Waals surface area contributed by atoms with Crippen LogP contribution in [0.4, 0.5) is 0 Å². The van der Waals surface area contributed by atoms with Crippen LogP contribution in [-0.4, -0.2) is 42.5 Å². The first-order chi connectivity index (χ1) is 9.72. The van der Waals surface area contributed by atoms with Crippen LogP contribution in [-0.2, 0) is 6.42 Å². The Kier molecular flexibility index (Phi) is 3.21. The van der Waals surface area contributed by atoms with E-state index >= 15 is 0 Å². The van der Waals surface area contributed by atoms with E-state index in [1.807, 2.05) is 0 Å². The van der Waals surface area contributed by atoms with Gasteiger partial charge in [-0.2, -0.15) is 14.7 Å². The van der Waals surface area contributed by atoms with Gasteiger partial charge in [-0.25, -0.2) is 5.10 Å². The molecule has 0 atom stereocenters. The lowest BCUT2D eigenvalue weighted by atomic mass is 10.3. The van der Waals surface area contributed by atoms with Crippen LogP contribution in [0, 0.1) is 0 Å². The Hall–Kier alpha value is -2.62. The van der Waals surface area contributed by atoms with Crippen molar-refractivity contribution in [3.8, 4) is 0 Å². The summed E-state index contributed by atoms with van der Waals surface area (Å²) < 4.78 is 1.59. The lowest BCUT2D eigenvalue weighted by Crippen LogP contribution is -2.27. The van der Waals surface area contributed by atoms with Gasteiger partial charge in [0.2, 0.25) is 4.96 Å². The van der Waals surface area contributed by atoms with E-state index in [0.29, 0.717) is 17.9 Å². The Morgan fingerprint density at radius 1 is 1.45 bits per heavy atom. The number of H-pyrrole nitrogens is 1. The fraction of sp³-hybridized carbons (Fsp3) is 0.200. The number of hydrogen-bond donors (Lipinski definition) is 2. The summed E-state index contributed by atoms with van der Waals surface area (Å²) in [6, 6.07) is 2.63. The fourth-order valence-corrected chi connectivity index (χ4v) is 2.36. The second kappa shape index (κ2) is 5.17. The van der Waals surface area contributed by atoms with Crippen molar-refractivity contribution in [1.82, 2.24) is 35.3 Å². The Bertz CT molecular complexity index is 756. The number of hydrogen-bond acceptors (Lipinski definition) is 7. The number of carbonyl (C=O) groups excluding carboxylic acids is 1. The third-order valence-electron chi connectivity index (χ3n) is 2.46. The highest BCUT2D eigenvalue weighted by Crippen LogP contribution is 2.11. The molecule has 0 aliphatic heterocycles. The van der Waals surface area contributed by atoms with E-state index in [1.54, 1.807) is 4.52 Å². The maximum absolute atomic E-state index is 11.7. The maximum Gasteiger partial charge on any atom is 0.271 e. The first kappa shape index (κ1) is 12.4. The summed E-state index contributed by atoms with van der Waals surface area (Å²) in [5, 5.41) is 21.2. The number of nitrogens with zero attached hydrogens (tertiary/aromatic N) is 5. The van der Waals surface area contributed by atoms with Crippen molar-refractivity contribution >= 4 is 22.2 Å². The topological polar surface area (TPSA) is 118 Å². The zero-order chi connectivity index (χ0) is 13.9. The Morgan fingerprint density at radius 3 is 3.10 bits per heavy atom. The summed E-state index contributed by atoms with van der Waals surface area (Å²) >= 11 is 1.42. The first-order valence-corrected chi connectivity index (χ1v) is 6.54. The molecule has 9 nitrogen and oxygen atoms in total. The van der Waals surface area contributed by atoms with Gasteiger partial charge in [0, 0.05) is 19.0 Å². The normalized spacial score (nSPS) is 10.8. The molecule has 0 bridgehead atoms. The Balaban J connectivity index is 1.57. The SMILES string of the molecule is O=C(NCCc1nn2cnnc2s1)c1ccc(=O)[nH]n1. The summed E-state index contributed by atoms with van der Waals surface area (Å²) in [6.07, 6.45) is 2.11. The number of fused-ring (bicyclic) bond motifs is 1. The van der Waals surface area contributed by atoms with Gasteiger partial charge in [0.1, 0.15) is 17.0 Å². The fourth-order valence-electron chi connectivity index (χ4n) is 1.55. The minimum absolute atomic E-state index is 0.169. The predicted octanol–water partition coefficient (Wildman–Crippen LogP) is -0.758. The maximum atomic E-state index is 11.7. The molecule has 2 N–H and O–H groups in total. The molecule has 10 heteroatoms. The summed E-state index contributed by atoms with van der Waals surface area (Å²) in [5.41, 5.74) is -0.177. The molecule has 3 rings (SSSR count). The number of aromatic amines is 1. The average Bonchev–Trinajstić information content (AvgIpc) is 3.00. The van der Waals surface area contributed by atoms with Crippen LogP contribution >= 0.6 is 11.3 Å². The van der Waals surface area contributed by atoms with Gasteiger partial charge in [-0.15, -0.1) is 10.2 Å². The van der Waals surface area contributed by atoms with Crippen molar-refractivity contribution in [2.45, 2.75) is 6.42 Å². The van der Waals surface area contributed by atoms with Gasteiger partial charge < -0.3 is 5.32 Å². The number of nitrogens with one attached hydrogen (secondary N) is 2. The van der Waals surface area contributed by atoms with E-state index in [0.717, 1.165) is 5.01 Å². The molecule has 0 aliphatic rings. The van der Waals surface area contributed by atoms with Crippen molar-refractivity contribution in [1.29, 1.82) is 0 Å². The molecule has 0 saturated carbocycles. The van der Waals surface area contributed by atoms with Crippen molar-refractivity contribution in [2.24, 2.45) is 0 Å². The number of amides is 1. The molecule has 0 spiro atoms. The van der Waals surface area contributed by atoms with E-state index < -0.39 is 0 Å². The standard InChI is InChI=1S/C10H9N7O2S/c18-7-2-1-6(13-14-7)9(19)11-4-3-8-16-17-5-12-15-10(17)20-8/h1-2,5H,3-4H2,(H,11,19)(H,14,18). The van der Waals surface area contributed by atoms with Crippen molar-refractivity contribution < 1.29 is 4.79 Å². The third kappa shape index (κ3) is 2.54. The molecule has 3 aromatic heterocycles. The zero-order valence-electron chi connectivity index (χ0n) is 10.1. The van der Waals surface area contributed by atoms with Gasteiger partial charge >= 0.3 is 0 Å². The molecule has 102 valence electrons. The van der Waals surface area contributed by atoms with Crippen LogP contribution in [0.15, 0.2) is 23.3 Å². The van der Waals surface area contributed by atoms with Crippen LogP contribution in [0.1, 0.15) is 15.5 Å². The molecule has 3 aromatic rings. The van der Waals surface area contributed by atoms with Crippen LogP contribution < -0.4 is 10.9 Å². The lowest BCUT2D eigenvalue weighted by molar-refractivity contribution is 0.0948. The minimum atomic E-state index is -0.346. The van der Waals surface area contributed by atoms with Crippen LogP contribution in [0.25, 0.3) is 4.96 Å². The van der Waals surface area contributed by atoms with Gasteiger partial charge in [0.05, 0.1) is 0 Å². The molecular weight excluding hydrogens is 282 g/mol. The second-order valence-corrected chi connectivity index (χ2v) is 4.91. The van der Waals surface area contributed by atoms with Crippen molar-refractivity contribution in [3.63, 3.8) is 0 Å². The van der Waals surface area contributed by atoms with Gasteiger partial charge in [0.25, 0.3) is 11.5 Å². The second-order valence-electron chi connectivity index (χ2n) is 3.87. The lowest BCUT2D eigenvalue weighted by Gasteiger charge is -2.01. The van der Waals surface area contributed by atoms with Crippen LogP contribution in [0.3, 0.4) is 0 Å². The number of rotatable bonds is 4. The van der Waals surface area contributed by atoms with Gasteiger partial charge in [-0.3, -0.25) is 9.59 Å². The summed E-state index contributed by atoms with van der Waals surface area (Å²) in [4.78, 5) is 23.3. The Morgan fingerprint density at radius 2 is 2.35 bits per heavy atom. The molecule has 0 radical (unpaired) electrons. The molecular formula is C10H9N7O2S. The molecule has 0 aliphatic carbocycles. The Labute approximate surface area is 115 Å². The molecule has 20 heavy (non-hydrogen) atoms. The summed E-state index contributed by atoms with van der Waals surface area (Å²) in [7, 11) is 0. The van der Waals surface area contributed by atoms with Crippen LogP contribution in [0.2, 0.25) is 0 Å². The third-order valence-corrected chi connectivity index (χ3v) is 3.44. The van der Waals surface area contributed by atoms with E-state index in [1.165, 1.54) is 29.8 Å². The van der Waals surface area contributed by atoms with E-state index in [9.17, 15) is 9.59 Å². The van der Waals surface area contributed by atoms with Gasteiger partial charge in [0.15, 0.2) is 0 Å². The highest BCUT2D eigenvalue weighted by molar-refractivity contribution is 7.16. The van der Waals surface area contributed by atoms with E-state index in [4.69, 9.17) is 0 Å². The number of aromatic nitrogens is 6. The minimum Gasteiger partial charge on any atom is -0.350 e. The first-order valence-electron chi connectivity index (χ1n) is 5.72. The van der Waals surface area contributed by atoms with Gasteiger partial charge in [-0.05, 0) is 6.07 Å². The van der Waals surface area contributed by atoms with E-state index in [-0.39, 0.29) is 17.2 Å². The average molecular weight is 291 g/mol. The van der Waals surface area contributed by atoms with Crippen molar-refractivity contribution in [3.05, 3.63) is 39.5 Å². The quantitative estimate of drug-likeness (QED) is 0.652. The molecule has 1 amide bonds. The van der Waals surface area contributed by atoms with E-state index in [2.05, 4.69) is 30.8 Å². The summed E-state index contributed by atoms with van der Waals surface area (Å²) in [5.74, 6) is -0.343.